The summed E-state index contributed by atoms with van der Waals surface area (Å²) in [6, 6.07) is 12.4. The van der Waals surface area contributed by atoms with Crippen LogP contribution in [0.1, 0.15) is 12.0 Å². The Morgan fingerprint density at radius 1 is 1.11 bits per heavy atom. The lowest BCUT2D eigenvalue weighted by atomic mass is 10.0. The van der Waals surface area contributed by atoms with Crippen molar-refractivity contribution in [2.45, 2.75) is 25.2 Å². The van der Waals surface area contributed by atoms with Crippen LogP contribution in [0.3, 0.4) is 0 Å². The summed E-state index contributed by atoms with van der Waals surface area (Å²) in [4.78, 5) is 27.6. The van der Waals surface area contributed by atoms with E-state index in [1.54, 1.807) is 29.2 Å². The van der Waals surface area contributed by atoms with Gasteiger partial charge >= 0.3 is 12.1 Å². The first kappa shape index (κ1) is 26.0. The Labute approximate surface area is 209 Å². The van der Waals surface area contributed by atoms with E-state index in [1.807, 2.05) is 0 Å². The van der Waals surface area contributed by atoms with Crippen molar-refractivity contribution in [1.29, 1.82) is 0 Å². The van der Waals surface area contributed by atoms with Gasteiger partial charge in [-0.25, -0.2) is 9.18 Å². The molecule has 3 aromatic rings. The summed E-state index contributed by atoms with van der Waals surface area (Å²) in [7, 11) is 1.46. The Morgan fingerprint density at radius 3 is 2.54 bits per heavy atom. The van der Waals surface area contributed by atoms with Crippen molar-refractivity contribution >= 4 is 17.6 Å². The maximum absolute atomic E-state index is 13.3. The molecule has 196 valence electrons. The number of methoxy groups -OCH3 is 1. The van der Waals surface area contributed by atoms with Crippen molar-refractivity contribution in [2.75, 3.05) is 31.6 Å². The monoisotopic (exact) mass is 521 g/mol. The van der Waals surface area contributed by atoms with E-state index in [-0.39, 0.29) is 32.5 Å². The second-order valence-electron chi connectivity index (χ2n) is 8.25. The van der Waals surface area contributed by atoms with E-state index in [2.05, 4.69) is 5.16 Å². The minimum atomic E-state index is -5.21. The van der Waals surface area contributed by atoms with Gasteiger partial charge in [0.05, 0.1) is 25.5 Å². The topological polar surface area (TPSA) is 85.1 Å². The number of rotatable bonds is 7. The Morgan fingerprint density at radius 2 is 1.84 bits per heavy atom. The number of hydrogen-bond donors (Lipinski definition) is 0. The van der Waals surface area contributed by atoms with E-state index in [9.17, 15) is 27.2 Å². The first-order chi connectivity index (χ1) is 17.7. The number of amides is 1. The fraction of sp³-hybridized carbons (Fsp3) is 0.320. The van der Waals surface area contributed by atoms with Gasteiger partial charge in [0.2, 0.25) is 5.91 Å². The van der Waals surface area contributed by atoms with E-state index < -0.39 is 30.1 Å². The predicted octanol–water partition coefficient (Wildman–Crippen LogP) is 4.20. The number of piperazine rings is 1. The molecule has 1 aliphatic rings. The highest BCUT2D eigenvalue weighted by Crippen LogP contribution is 2.31. The molecule has 2 heterocycles. The van der Waals surface area contributed by atoms with E-state index in [4.69, 9.17) is 14.0 Å². The normalized spacial score (nSPS) is 16.0. The van der Waals surface area contributed by atoms with Gasteiger partial charge in [-0.2, -0.15) is 13.2 Å². The Kier molecular flexibility index (Phi) is 7.65. The van der Waals surface area contributed by atoms with Crippen LogP contribution in [-0.4, -0.2) is 61.1 Å². The molecule has 8 nitrogen and oxygen atoms in total. The maximum atomic E-state index is 13.3. The van der Waals surface area contributed by atoms with Gasteiger partial charge in [-0.3, -0.25) is 4.79 Å². The molecule has 0 N–H and O–H groups in total. The van der Waals surface area contributed by atoms with Crippen LogP contribution in [-0.2, 0) is 20.7 Å². The first-order valence-corrected chi connectivity index (χ1v) is 11.3. The van der Waals surface area contributed by atoms with Gasteiger partial charge in [0.1, 0.15) is 11.6 Å². The molecule has 0 saturated carbocycles. The second kappa shape index (κ2) is 10.9. The number of para-hydroxylation sites is 2. The highest BCUT2D eigenvalue weighted by Gasteiger charge is 2.45. The number of hydrogen-bond acceptors (Lipinski definition) is 7. The van der Waals surface area contributed by atoms with E-state index in [1.165, 1.54) is 37.6 Å². The molecule has 4 rings (SSSR count). The molecular weight excluding hydrogens is 498 g/mol. The van der Waals surface area contributed by atoms with Crippen LogP contribution in [0.25, 0.3) is 11.3 Å². The van der Waals surface area contributed by atoms with E-state index in [0.29, 0.717) is 28.3 Å². The van der Waals surface area contributed by atoms with Crippen LogP contribution in [0.2, 0.25) is 0 Å². The number of nitrogens with zero attached hydrogens (tertiary/aromatic N) is 3. The van der Waals surface area contributed by atoms with Crippen LogP contribution in [0, 0.1) is 5.82 Å². The summed E-state index contributed by atoms with van der Waals surface area (Å²) in [5, 5.41) is 3.75. The molecule has 1 amide bonds. The second-order valence-corrected chi connectivity index (χ2v) is 8.25. The van der Waals surface area contributed by atoms with Crippen LogP contribution in [0.4, 0.5) is 23.2 Å². The molecule has 0 radical (unpaired) electrons. The van der Waals surface area contributed by atoms with Crippen molar-refractivity contribution in [3.8, 4) is 17.1 Å². The fourth-order valence-electron chi connectivity index (χ4n) is 4.10. The van der Waals surface area contributed by atoms with Crippen molar-refractivity contribution < 1.29 is 41.1 Å². The van der Waals surface area contributed by atoms with Crippen LogP contribution < -0.4 is 9.64 Å². The molecule has 0 aliphatic carbocycles. The number of anilines is 1. The van der Waals surface area contributed by atoms with Crippen molar-refractivity contribution in [2.24, 2.45) is 0 Å². The number of benzene rings is 2. The zero-order chi connectivity index (χ0) is 26.6. The highest BCUT2D eigenvalue weighted by molar-refractivity contribution is 5.79. The third-order valence-electron chi connectivity index (χ3n) is 5.91. The minimum Gasteiger partial charge on any atom is -0.495 e. The summed E-state index contributed by atoms with van der Waals surface area (Å²) in [5.41, 5.74) is 1.72. The average molecular weight is 521 g/mol. The Balaban J connectivity index is 1.49. The third-order valence-corrected chi connectivity index (χ3v) is 5.91. The van der Waals surface area contributed by atoms with Gasteiger partial charge in [-0.1, -0.05) is 17.3 Å². The summed E-state index contributed by atoms with van der Waals surface area (Å²) in [6.07, 6.45) is -5.22. The quantitative estimate of drug-likeness (QED) is 0.340. The predicted molar refractivity (Wildman–Crippen MR) is 123 cm³/mol. The van der Waals surface area contributed by atoms with Crippen LogP contribution >= 0.6 is 0 Å². The number of ether oxygens (including phenoxy) is 2. The molecule has 12 heteroatoms. The number of esters is 1. The van der Waals surface area contributed by atoms with Gasteiger partial charge < -0.3 is 23.8 Å². The number of carbonyl (C=O) groups excluding carboxylic acids is 2. The molecule has 1 unspecified atom stereocenters. The molecular formula is C25H23F4N3O5. The molecule has 0 spiro atoms. The van der Waals surface area contributed by atoms with Crippen molar-refractivity contribution in [1.82, 2.24) is 10.1 Å². The van der Waals surface area contributed by atoms with Crippen LogP contribution in [0.15, 0.2) is 59.3 Å². The summed E-state index contributed by atoms with van der Waals surface area (Å²) >= 11 is 0. The summed E-state index contributed by atoms with van der Waals surface area (Å²) < 4.78 is 67.5. The molecule has 37 heavy (non-hydrogen) atoms. The Hall–Kier alpha value is -4.09. The first-order valence-electron chi connectivity index (χ1n) is 11.3. The maximum Gasteiger partial charge on any atom is 0.491 e. The van der Waals surface area contributed by atoms with Crippen molar-refractivity contribution in [3.05, 3.63) is 66.1 Å². The summed E-state index contributed by atoms with van der Waals surface area (Å²) in [5.74, 6) is -2.47. The molecule has 0 bridgehead atoms. The lowest BCUT2D eigenvalue weighted by Crippen LogP contribution is -2.57. The van der Waals surface area contributed by atoms with Gasteiger partial charge in [0.25, 0.3) is 0 Å². The SMILES string of the molecule is COc1ccccc1N1CCN(C(=O)CCc2cnoc2-c2ccc(F)cc2)C(OC(=O)C(F)(F)F)C1. The Bertz CT molecular complexity index is 1250. The van der Waals surface area contributed by atoms with Gasteiger partial charge in [-0.05, 0) is 42.8 Å². The highest BCUT2D eigenvalue weighted by atomic mass is 19.4. The minimum absolute atomic E-state index is 0.0150. The lowest BCUT2D eigenvalue weighted by molar-refractivity contribution is -0.213. The molecule has 1 aromatic heterocycles. The van der Waals surface area contributed by atoms with Crippen LogP contribution in [0.5, 0.6) is 5.75 Å². The van der Waals surface area contributed by atoms with Gasteiger partial charge in [0, 0.05) is 30.6 Å². The van der Waals surface area contributed by atoms with E-state index in [0.717, 1.165) is 4.90 Å². The largest absolute Gasteiger partial charge is 0.495 e. The molecule has 1 atom stereocenters. The van der Waals surface area contributed by atoms with Gasteiger partial charge in [0.15, 0.2) is 12.0 Å². The fourth-order valence-corrected chi connectivity index (χ4v) is 4.10. The lowest BCUT2D eigenvalue weighted by Gasteiger charge is -2.41. The number of aromatic nitrogens is 1. The molecule has 1 fully saturated rings. The molecule has 1 saturated heterocycles. The number of aryl methyl sites for hydroxylation is 1. The zero-order valence-corrected chi connectivity index (χ0v) is 19.7. The third kappa shape index (κ3) is 6.01. The van der Waals surface area contributed by atoms with E-state index >= 15 is 0 Å². The smallest absolute Gasteiger partial charge is 0.491 e. The average Bonchev–Trinajstić information content (AvgIpc) is 3.35. The molecule has 2 aromatic carbocycles. The van der Waals surface area contributed by atoms with Crippen molar-refractivity contribution in [3.63, 3.8) is 0 Å². The zero-order valence-electron chi connectivity index (χ0n) is 19.7. The number of carbonyl (C=O) groups is 2. The summed E-state index contributed by atoms with van der Waals surface area (Å²) in [6.45, 7) is 0.115. The standard InChI is InChI=1S/C25H23F4N3O5/c1-35-20-5-3-2-4-19(20)31-12-13-32(22(15-31)36-24(34)25(27,28)29)21(33)11-8-17-14-30-37-23(17)16-6-9-18(26)10-7-16/h2-7,9-10,14,22H,8,11-13,15H2,1H3. The van der Waals surface area contributed by atoms with Gasteiger partial charge in [-0.15, -0.1) is 0 Å². The number of alkyl halides is 3. The number of halogens is 4. The molecule has 1 aliphatic heterocycles.